The summed E-state index contributed by atoms with van der Waals surface area (Å²) in [6.07, 6.45) is 10.6. The molecule has 1 spiro atoms. The Bertz CT molecular complexity index is 1210. The molecule has 1 aromatic carbocycles. The minimum absolute atomic E-state index is 0.0516. The second-order valence-electron chi connectivity index (χ2n) is 11.9. The number of ether oxygens (including phenoxy) is 2. The Morgan fingerprint density at radius 3 is 2.45 bits per heavy atom. The second kappa shape index (κ2) is 12.6. The summed E-state index contributed by atoms with van der Waals surface area (Å²) in [5, 5.41) is 10.6. The van der Waals surface area contributed by atoms with Crippen molar-refractivity contribution < 1.29 is 29.0 Å². The molecule has 4 aliphatic heterocycles. The van der Waals surface area contributed by atoms with Gasteiger partial charge in [-0.05, 0) is 43.5 Å². The maximum absolute atomic E-state index is 14.6. The van der Waals surface area contributed by atoms with E-state index in [0.29, 0.717) is 31.9 Å². The fourth-order valence-corrected chi connectivity index (χ4v) is 7.17. The van der Waals surface area contributed by atoms with Crippen LogP contribution < -0.4 is 9.64 Å². The molecule has 0 saturated carbocycles. The molecular weight excluding hydrogens is 534 g/mol. The van der Waals surface area contributed by atoms with Crippen molar-refractivity contribution in [3.63, 3.8) is 0 Å². The lowest BCUT2D eigenvalue weighted by Gasteiger charge is -2.40. The maximum atomic E-state index is 14.6. The first-order valence-electron chi connectivity index (χ1n) is 15.6. The molecular formula is C33H45N3O6. The highest BCUT2D eigenvalue weighted by Crippen LogP contribution is 2.54. The van der Waals surface area contributed by atoms with Crippen LogP contribution in [0.2, 0.25) is 0 Å². The molecule has 0 aliphatic carbocycles. The summed E-state index contributed by atoms with van der Waals surface area (Å²) in [6, 6.07) is 5.85. The third kappa shape index (κ3) is 5.04. The van der Waals surface area contributed by atoms with Crippen LogP contribution in [-0.2, 0) is 19.1 Å². The predicted octanol–water partition coefficient (Wildman–Crippen LogP) is 3.56. The monoisotopic (exact) mass is 579 g/mol. The molecule has 4 aliphatic rings. The lowest BCUT2D eigenvalue weighted by atomic mass is 9.77. The molecule has 1 unspecified atom stereocenters. The van der Waals surface area contributed by atoms with Gasteiger partial charge in [0, 0.05) is 25.3 Å². The van der Waals surface area contributed by atoms with Crippen molar-refractivity contribution in [1.29, 1.82) is 0 Å². The minimum Gasteiger partial charge on any atom is -0.494 e. The van der Waals surface area contributed by atoms with Gasteiger partial charge in [-0.1, -0.05) is 64.3 Å². The Balaban J connectivity index is 1.56. The molecule has 0 aromatic heterocycles. The second-order valence-corrected chi connectivity index (χ2v) is 11.9. The number of likely N-dealkylation sites (tertiary alicyclic amines) is 1. The number of carbonyl (C=O) groups is 3. The molecule has 2 fully saturated rings. The highest BCUT2D eigenvalue weighted by Gasteiger charge is 2.72. The van der Waals surface area contributed by atoms with E-state index in [1.807, 2.05) is 69.3 Å². The number of hydrogen-bond acceptors (Lipinski definition) is 6. The summed E-state index contributed by atoms with van der Waals surface area (Å²) >= 11 is 0. The van der Waals surface area contributed by atoms with E-state index in [0.717, 1.165) is 31.4 Å². The number of aliphatic hydroxyl groups is 1. The van der Waals surface area contributed by atoms with Crippen molar-refractivity contribution in [3.05, 3.63) is 48.6 Å². The Labute approximate surface area is 249 Å². The number of nitrogens with zero attached hydrogens (tertiary/aromatic N) is 3. The number of benzene rings is 1. The van der Waals surface area contributed by atoms with Gasteiger partial charge in [0.25, 0.3) is 0 Å². The zero-order valence-electron chi connectivity index (χ0n) is 25.3. The van der Waals surface area contributed by atoms with Crippen LogP contribution in [0.25, 0.3) is 0 Å². The molecule has 2 saturated heterocycles. The van der Waals surface area contributed by atoms with Gasteiger partial charge in [-0.3, -0.25) is 14.4 Å². The molecule has 7 atom stereocenters. The summed E-state index contributed by atoms with van der Waals surface area (Å²) in [7, 11) is 0. The number of unbranched alkanes of at least 4 members (excludes halogenated alkanes) is 2. The Morgan fingerprint density at radius 1 is 1.02 bits per heavy atom. The fourth-order valence-electron chi connectivity index (χ4n) is 7.17. The van der Waals surface area contributed by atoms with Crippen molar-refractivity contribution in [3.8, 4) is 5.75 Å². The van der Waals surface area contributed by atoms with Gasteiger partial charge in [-0.15, -0.1) is 0 Å². The number of fused-ring (bicyclic) bond motifs is 2. The summed E-state index contributed by atoms with van der Waals surface area (Å²) in [5.74, 6) is -1.71. The van der Waals surface area contributed by atoms with Crippen molar-refractivity contribution in [1.82, 2.24) is 9.80 Å². The van der Waals surface area contributed by atoms with Gasteiger partial charge >= 0.3 is 0 Å². The highest BCUT2D eigenvalue weighted by molar-refractivity contribution is 6.04. The van der Waals surface area contributed by atoms with Gasteiger partial charge in [0.15, 0.2) is 0 Å². The Kier molecular flexibility index (Phi) is 9.08. The lowest BCUT2D eigenvalue weighted by Crippen LogP contribution is -2.59. The molecule has 1 aromatic rings. The first-order valence-corrected chi connectivity index (χ1v) is 15.6. The SMILES string of the molecule is CCCCCN1CC=C[C@]23O[C@H]4C=CCN(c5ccc(OCC)cc5)C(=O)[C@H]4[C@H]2C(=O)N([C@@H](CO)[C@@H](C)CC)C3C1=O. The van der Waals surface area contributed by atoms with Crippen LogP contribution in [0.15, 0.2) is 48.6 Å². The van der Waals surface area contributed by atoms with Crippen LogP contribution in [0, 0.1) is 17.8 Å². The molecule has 3 amide bonds. The number of anilines is 1. The number of carbonyl (C=O) groups excluding carboxylic acids is 3. The van der Waals surface area contributed by atoms with E-state index in [2.05, 4.69) is 6.92 Å². The van der Waals surface area contributed by atoms with Gasteiger partial charge in [0.2, 0.25) is 17.7 Å². The zero-order valence-corrected chi connectivity index (χ0v) is 25.3. The quantitative estimate of drug-likeness (QED) is 0.318. The molecule has 228 valence electrons. The van der Waals surface area contributed by atoms with Gasteiger partial charge < -0.3 is 29.3 Å². The molecule has 9 nitrogen and oxygen atoms in total. The average molecular weight is 580 g/mol. The fraction of sp³-hybridized carbons (Fsp3) is 0.606. The Hall–Kier alpha value is -3.17. The first-order chi connectivity index (χ1) is 20.3. The minimum atomic E-state index is -1.30. The molecule has 42 heavy (non-hydrogen) atoms. The summed E-state index contributed by atoms with van der Waals surface area (Å²) in [6.45, 7) is 9.66. The topological polar surface area (TPSA) is 99.6 Å². The van der Waals surface area contributed by atoms with Crippen LogP contribution in [0.3, 0.4) is 0 Å². The van der Waals surface area contributed by atoms with E-state index in [1.165, 1.54) is 0 Å². The number of amides is 3. The zero-order chi connectivity index (χ0) is 30.0. The Morgan fingerprint density at radius 2 is 1.79 bits per heavy atom. The molecule has 1 N–H and O–H groups in total. The van der Waals surface area contributed by atoms with E-state index in [1.54, 1.807) is 14.7 Å². The average Bonchev–Trinajstić information content (AvgIpc) is 3.31. The van der Waals surface area contributed by atoms with Crippen molar-refractivity contribution in [2.24, 2.45) is 17.8 Å². The largest absolute Gasteiger partial charge is 0.494 e. The molecule has 0 bridgehead atoms. The predicted molar refractivity (Wildman–Crippen MR) is 160 cm³/mol. The normalized spacial score (nSPS) is 30.1. The van der Waals surface area contributed by atoms with E-state index >= 15 is 0 Å². The van der Waals surface area contributed by atoms with Crippen LogP contribution in [0.1, 0.15) is 53.4 Å². The maximum Gasteiger partial charge on any atom is 0.249 e. The van der Waals surface area contributed by atoms with Crippen LogP contribution in [0.4, 0.5) is 5.69 Å². The highest BCUT2D eigenvalue weighted by atomic mass is 16.5. The van der Waals surface area contributed by atoms with Crippen molar-refractivity contribution in [2.45, 2.75) is 77.2 Å². The van der Waals surface area contributed by atoms with Gasteiger partial charge in [0.1, 0.15) is 17.4 Å². The first kappa shape index (κ1) is 30.3. The van der Waals surface area contributed by atoms with E-state index in [9.17, 15) is 19.5 Å². The summed E-state index contributed by atoms with van der Waals surface area (Å²) in [5.41, 5.74) is -0.595. The lowest BCUT2D eigenvalue weighted by molar-refractivity contribution is -0.151. The van der Waals surface area contributed by atoms with E-state index in [-0.39, 0.29) is 30.2 Å². The van der Waals surface area contributed by atoms with Crippen LogP contribution in [0.5, 0.6) is 5.75 Å². The summed E-state index contributed by atoms with van der Waals surface area (Å²) in [4.78, 5) is 48.4. The summed E-state index contributed by atoms with van der Waals surface area (Å²) < 4.78 is 12.3. The number of aliphatic hydroxyl groups excluding tert-OH is 1. The van der Waals surface area contributed by atoms with Crippen molar-refractivity contribution >= 4 is 23.4 Å². The van der Waals surface area contributed by atoms with E-state index in [4.69, 9.17) is 9.47 Å². The number of rotatable bonds is 11. The molecule has 0 radical (unpaired) electrons. The number of hydrogen-bond donors (Lipinski definition) is 1. The van der Waals surface area contributed by atoms with Gasteiger partial charge in [0.05, 0.1) is 37.2 Å². The smallest absolute Gasteiger partial charge is 0.249 e. The third-order valence-electron chi connectivity index (χ3n) is 9.52. The van der Waals surface area contributed by atoms with Crippen LogP contribution in [-0.4, -0.2) is 89.3 Å². The van der Waals surface area contributed by atoms with Crippen molar-refractivity contribution in [2.75, 3.05) is 37.7 Å². The van der Waals surface area contributed by atoms with Gasteiger partial charge in [-0.2, -0.15) is 0 Å². The van der Waals surface area contributed by atoms with Crippen LogP contribution >= 0.6 is 0 Å². The van der Waals surface area contributed by atoms with Gasteiger partial charge in [-0.25, -0.2) is 0 Å². The van der Waals surface area contributed by atoms with E-state index < -0.39 is 35.6 Å². The third-order valence-corrected chi connectivity index (χ3v) is 9.52. The standard InChI is InChI=1S/C33H45N3O6/c1-5-8-9-18-34-19-11-17-33-28(31(39)36(29(33)32(34)40)25(21-37)22(4)6-2)27-26(42-33)12-10-20-35(30(27)38)23-13-15-24(16-14-23)41-7-3/h10-17,22,25-29,37H,5-9,18-21H2,1-4H3/t22-,25-,26-,27+,28-,29?,33-/m0/s1. The molecule has 9 heteroatoms. The molecule has 4 heterocycles. The molecule has 5 rings (SSSR count).